The van der Waals surface area contributed by atoms with Crippen LogP contribution in [0.25, 0.3) is 0 Å². The van der Waals surface area contributed by atoms with E-state index in [4.69, 9.17) is 5.11 Å². The van der Waals surface area contributed by atoms with Gasteiger partial charge < -0.3 is 15.3 Å². The van der Waals surface area contributed by atoms with Crippen LogP contribution in [-0.2, 0) is 0 Å². The number of rotatable bonds is 2. The molecule has 1 aromatic rings. The molecule has 0 radical (unpaired) electrons. The van der Waals surface area contributed by atoms with Gasteiger partial charge in [0.2, 0.25) is 0 Å². The predicted octanol–water partition coefficient (Wildman–Crippen LogP) is 1.32. The Morgan fingerprint density at radius 2 is 2.35 bits per heavy atom. The van der Waals surface area contributed by atoms with Crippen LogP contribution in [0, 0.1) is 5.82 Å². The van der Waals surface area contributed by atoms with Crippen molar-refractivity contribution in [3.63, 3.8) is 0 Å². The van der Waals surface area contributed by atoms with E-state index in [0.717, 1.165) is 25.3 Å². The van der Waals surface area contributed by atoms with Crippen LogP contribution < -0.4 is 10.2 Å². The first-order valence-corrected chi connectivity index (χ1v) is 5.60. The van der Waals surface area contributed by atoms with Gasteiger partial charge in [-0.15, -0.1) is 0 Å². The Balaban J connectivity index is 2.32. The molecular weight excluding hydrogens is 223 g/mol. The lowest BCUT2D eigenvalue weighted by atomic mass is 10.1. The van der Waals surface area contributed by atoms with E-state index in [1.54, 1.807) is 6.07 Å². The molecular formula is C12H15FN2O2. The Morgan fingerprint density at radius 1 is 1.59 bits per heavy atom. The fourth-order valence-corrected chi connectivity index (χ4v) is 2.08. The lowest BCUT2D eigenvalue weighted by Crippen LogP contribution is -2.50. The zero-order valence-corrected chi connectivity index (χ0v) is 9.61. The van der Waals surface area contributed by atoms with E-state index in [1.807, 2.05) is 0 Å². The van der Waals surface area contributed by atoms with Crippen LogP contribution in [0.15, 0.2) is 18.2 Å². The van der Waals surface area contributed by atoms with Crippen molar-refractivity contribution in [1.29, 1.82) is 0 Å². The molecule has 0 spiro atoms. The number of benzene rings is 1. The summed E-state index contributed by atoms with van der Waals surface area (Å²) in [6.45, 7) is 4.55. The number of halogens is 1. The summed E-state index contributed by atoms with van der Waals surface area (Å²) in [5.41, 5.74) is 0.492. The Morgan fingerprint density at radius 3 is 3.00 bits per heavy atom. The minimum atomic E-state index is -1.23. The predicted molar refractivity (Wildman–Crippen MR) is 63.0 cm³/mol. The standard InChI is InChI=1S/C12H15FN2O2/c1-8-7-14-4-5-15(8)9-2-3-11(13)10(6-9)12(16)17/h2-3,6,8,14H,4-5,7H2,1H3,(H,16,17). The van der Waals surface area contributed by atoms with Gasteiger partial charge in [-0.2, -0.15) is 0 Å². The van der Waals surface area contributed by atoms with Crippen LogP contribution in [-0.4, -0.2) is 36.8 Å². The van der Waals surface area contributed by atoms with Crippen LogP contribution in [0.4, 0.5) is 10.1 Å². The highest BCUT2D eigenvalue weighted by Gasteiger charge is 2.20. The third-order valence-electron chi connectivity index (χ3n) is 3.01. The monoisotopic (exact) mass is 238 g/mol. The smallest absolute Gasteiger partial charge is 0.338 e. The molecule has 4 nitrogen and oxygen atoms in total. The van der Waals surface area contributed by atoms with Crippen LogP contribution in [0.5, 0.6) is 0 Å². The van der Waals surface area contributed by atoms with Crippen molar-refractivity contribution in [2.24, 2.45) is 0 Å². The molecule has 1 fully saturated rings. The molecule has 0 aliphatic carbocycles. The number of hydrogen-bond donors (Lipinski definition) is 2. The number of piperazine rings is 1. The zero-order valence-electron chi connectivity index (χ0n) is 9.61. The Hall–Kier alpha value is -1.62. The van der Waals surface area contributed by atoms with Crippen molar-refractivity contribution in [1.82, 2.24) is 5.32 Å². The maximum Gasteiger partial charge on any atom is 0.338 e. The van der Waals surface area contributed by atoms with Gasteiger partial charge in [-0.1, -0.05) is 0 Å². The highest BCUT2D eigenvalue weighted by atomic mass is 19.1. The summed E-state index contributed by atoms with van der Waals surface area (Å²) in [4.78, 5) is 13.0. The first kappa shape index (κ1) is 11.9. The van der Waals surface area contributed by atoms with Gasteiger partial charge in [0.05, 0.1) is 5.56 Å². The fourth-order valence-electron chi connectivity index (χ4n) is 2.08. The van der Waals surface area contributed by atoms with Gasteiger partial charge in [0.15, 0.2) is 0 Å². The van der Waals surface area contributed by atoms with Gasteiger partial charge in [-0.3, -0.25) is 0 Å². The molecule has 1 aliphatic heterocycles. The Labute approximate surface area is 99.0 Å². The number of hydrogen-bond acceptors (Lipinski definition) is 3. The van der Waals surface area contributed by atoms with Gasteiger partial charge in [-0.05, 0) is 25.1 Å². The molecule has 1 saturated heterocycles. The molecule has 1 heterocycles. The molecule has 1 atom stereocenters. The number of aromatic carboxylic acids is 1. The number of anilines is 1. The first-order chi connectivity index (χ1) is 8.09. The molecule has 92 valence electrons. The fraction of sp³-hybridized carbons (Fsp3) is 0.417. The number of nitrogens with one attached hydrogen (secondary N) is 1. The topological polar surface area (TPSA) is 52.6 Å². The van der Waals surface area contributed by atoms with Crippen molar-refractivity contribution < 1.29 is 14.3 Å². The van der Waals surface area contributed by atoms with Gasteiger partial charge in [0, 0.05) is 31.4 Å². The third-order valence-corrected chi connectivity index (χ3v) is 3.01. The number of carboxylic acids is 1. The van der Waals surface area contributed by atoms with Crippen LogP contribution in [0.1, 0.15) is 17.3 Å². The number of carbonyl (C=O) groups is 1. The summed E-state index contributed by atoms with van der Waals surface area (Å²) in [5, 5.41) is 12.1. The van der Waals surface area contributed by atoms with E-state index >= 15 is 0 Å². The average molecular weight is 238 g/mol. The van der Waals surface area contributed by atoms with Gasteiger partial charge in [-0.25, -0.2) is 9.18 Å². The number of carboxylic acid groups (broad SMARTS) is 1. The van der Waals surface area contributed by atoms with Crippen molar-refractivity contribution in [2.45, 2.75) is 13.0 Å². The van der Waals surface area contributed by atoms with Crippen LogP contribution in [0.3, 0.4) is 0 Å². The van der Waals surface area contributed by atoms with E-state index in [-0.39, 0.29) is 11.6 Å². The SMILES string of the molecule is CC1CNCCN1c1ccc(F)c(C(=O)O)c1. The largest absolute Gasteiger partial charge is 0.478 e. The molecule has 1 aliphatic rings. The minimum Gasteiger partial charge on any atom is -0.478 e. The highest BCUT2D eigenvalue weighted by Crippen LogP contribution is 2.21. The molecule has 2 N–H and O–H groups in total. The average Bonchev–Trinajstić information content (AvgIpc) is 2.30. The van der Waals surface area contributed by atoms with Crippen molar-refractivity contribution >= 4 is 11.7 Å². The highest BCUT2D eigenvalue weighted by molar-refractivity contribution is 5.89. The van der Waals surface area contributed by atoms with Gasteiger partial charge in [0.1, 0.15) is 5.82 Å². The molecule has 0 amide bonds. The van der Waals surface area contributed by atoms with E-state index in [2.05, 4.69) is 17.1 Å². The van der Waals surface area contributed by atoms with Crippen molar-refractivity contribution in [2.75, 3.05) is 24.5 Å². The first-order valence-electron chi connectivity index (χ1n) is 5.60. The Kier molecular flexibility index (Phi) is 3.28. The maximum atomic E-state index is 13.3. The second-order valence-corrected chi connectivity index (χ2v) is 4.22. The van der Waals surface area contributed by atoms with Gasteiger partial charge >= 0.3 is 5.97 Å². The number of nitrogens with zero attached hydrogens (tertiary/aromatic N) is 1. The van der Waals surface area contributed by atoms with Crippen LogP contribution >= 0.6 is 0 Å². The summed E-state index contributed by atoms with van der Waals surface area (Å²) >= 11 is 0. The van der Waals surface area contributed by atoms with E-state index < -0.39 is 11.8 Å². The minimum absolute atomic E-state index is 0.270. The van der Waals surface area contributed by atoms with E-state index in [1.165, 1.54) is 12.1 Å². The molecule has 0 bridgehead atoms. The molecule has 0 saturated carbocycles. The summed E-state index contributed by atoms with van der Waals surface area (Å²) in [5.74, 6) is -1.92. The van der Waals surface area contributed by atoms with Crippen molar-refractivity contribution in [3.05, 3.63) is 29.6 Å². The summed E-state index contributed by atoms with van der Waals surface area (Å²) < 4.78 is 13.3. The molecule has 0 aromatic heterocycles. The molecule has 5 heteroatoms. The van der Waals surface area contributed by atoms with E-state index in [0.29, 0.717) is 0 Å². The quantitative estimate of drug-likeness (QED) is 0.816. The lowest BCUT2D eigenvalue weighted by Gasteiger charge is -2.36. The molecule has 1 unspecified atom stereocenters. The maximum absolute atomic E-state index is 13.3. The molecule has 17 heavy (non-hydrogen) atoms. The third kappa shape index (κ3) is 2.39. The second-order valence-electron chi connectivity index (χ2n) is 4.22. The van der Waals surface area contributed by atoms with Gasteiger partial charge in [0.25, 0.3) is 0 Å². The Bertz CT molecular complexity index is 437. The lowest BCUT2D eigenvalue weighted by molar-refractivity contribution is 0.0692. The van der Waals surface area contributed by atoms with Crippen molar-refractivity contribution in [3.8, 4) is 0 Å². The normalized spacial score (nSPS) is 20.4. The summed E-state index contributed by atoms with van der Waals surface area (Å²) in [6, 6.07) is 4.52. The summed E-state index contributed by atoms with van der Waals surface area (Å²) in [6.07, 6.45) is 0. The zero-order chi connectivity index (χ0) is 12.4. The second kappa shape index (κ2) is 4.71. The molecule has 1 aromatic carbocycles. The van der Waals surface area contributed by atoms with E-state index in [9.17, 15) is 9.18 Å². The molecule has 2 rings (SSSR count). The summed E-state index contributed by atoms with van der Waals surface area (Å²) in [7, 11) is 0. The van der Waals surface area contributed by atoms with Crippen LogP contribution in [0.2, 0.25) is 0 Å².